The lowest BCUT2D eigenvalue weighted by molar-refractivity contribution is 0.908. The Kier molecular flexibility index (Phi) is 3.66. The molecule has 0 atom stereocenters. The van der Waals surface area contributed by atoms with Crippen molar-refractivity contribution in [2.24, 2.45) is 5.11 Å². The van der Waals surface area contributed by atoms with Gasteiger partial charge in [0.15, 0.2) is 0 Å². The molecule has 0 radical (unpaired) electrons. The van der Waals surface area contributed by atoms with Crippen molar-refractivity contribution in [3.63, 3.8) is 0 Å². The molecule has 2 rings (SSSR count). The summed E-state index contributed by atoms with van der Waals surface area (Å²) in [6.45, 7) is 0.489. The molecule has 4 nitrogen and oxygen atoms in total. The van der Waals surface area contributed by atoms with Crippen molar-refractivity contribution < 1.29 is 0 Å². The Morgan fingerprint density at radius 2 is 2.11 bits per heavy atom. The fourth-order valence-corrected chi connectivity index (χ4v) is 1.90. The number of nitrogens with zero attached hydrogens (tertiary/aromatic N) is 4. The topological polar surface area (TPSA) is 72.5 Å². The molecule has 0 spiro atoms. The van der Waals surface area contributed by atoms with Crippen LogP contribution < -0.4 is 0 Å². The molecule has 1 saturated carbocycles. The molecule has 0 unspecified atom stereocenters. The van der Waals surface area contributed by atoms with Crippen LogP contribution in [0.25, 0.3) is 16.5 Å². The first-order valence-electron chi connectivity index (χ1n) is 6.00. The van der Waals surface area contributed by atoms with Crippen molar-refractivity contribution in [1.82, 2.24) is 0 Å². The maximum atomic E-state index is 9.10. The van der Waals surface area contributed by atoms with Gasteiger partial charge in [-0.3, -0.25) is 0 Å². The molecule has 0 N–H and O–H groups in total. The maximum Gasteiger partial charge on any atom is 0.0823 e. The summed E-state index contributed by atoms with van der Waals surface area (Å²) < 4.78 is 0. The summed E-state index contributed by atoms with van der Waals surface area (Å²) in [5.74, 6) is 0. The third-order valence-corrected chi connectivity index (χ3v) is 3.20. The summed E-state index contributed by atoms with van der Waals surface area (Å²) in [7, 11) is 0. The molecule has 0 aliphatic heterocycles. The highest BCUT2D eigenvalue weighted by molar-refractivity contribution is 5.51. The average Bonchev–Trinajstić information content (AvgIpc) is 3.20. The minimum Gasteiger partial charge on any atom is -0.197 e. The van der Waals surface area contributed by atoms with E-state index in [1.807, 2.05) is 36.4 Å². The van der Waals surface area contributed by atoms with E-state index in [1.54, 1.807) is 0 Å². The smallest absolute Gasteiger partial charge is 0.0823 e. The normalized spacial score (nSPS) is 15.9. The van der Waals surface area contributed by atoms with Crippen LogP contribution in [0.1, 0.15) is 30.4 Å². The monoisotopic (exact) mass is 238 g/mol. The van der Waals surface area contributed by atoms with Gasteiger partial charge >= 0.3 is 0 Å². The van der Waals surface area contributed by atoms with Crippen LogP contribution in [-0.4, -0.2) is 6.54 Å². The molecule has 1 aromatic rings. The predicted octanol–water partition coefficient (Wildman–Crippen LogP) is 3.96. The van der Waals surface area contributed by atoms with E-state index in [4.69, 9.17) is 10.8 Å². The number of hydrogen-bond acceptors (Lipinski definition) is 2. The molecule has 4 heteroatoms. The van der Waals surface area contributed by atoms with Gasteiger partial charge in [0.2, 0.25) is 0 Å². The highest BCUT2D eigenvalue weighted by Crippen LogP contribution is 2.47. The molecule has 0 aromatic heterocycles. The Morgan fingerprint density at radius 1 is 1.39 bits per heavy atom. The van der Waals surface area contributed by atoms with E-state index >= 15 is 0 Å². The van der Waals surface area contributed by atoms with Crippen molar-refractivity contribution >= 4 is 6.08 Å². The lowest BCUT2D eigenvalue weighted by Gasteiger charge is -2.05. The Morgan fingerprint density at radius 3 is 2.67 bits per heavy atom. The van der Waals surface area contributed by atoms with Crippen LogP contribution in [0.15, 0.2) is 35.5 Å². The van der Waals surface area contributed by atoms with Crippen LogP contribution in [-0.2, 0) is 5.41 Å². The van der Waals surface area contributed by atoms with Crippen LogP contribution in [0.5, 0.6) is 0 Å². The summed E-state index contributed by atoms with van der Waals surface area (Å²) >= 11 is 0. The van der Waals surface area contributed by atoms with E-state index in [1.165, 1.54) is 0 Å². The molecule has 1 fully saturated rings. The Hall–Kier alpha value is -2.24. The van der Waals surface area contributed by atoms with Gasteiger partial charge in [-0.15, -0.1) is 0 Å². The molecule has 18 heavy (non-hydrogen) atoms. The second kappa shape index (κ2) is 5.39. The van der Waals surface area contributed by atoms with E-state index in [0.717, 1.165) is 30.4 Å². The molecule has 1 aliphatic rings. The summed E-state index contributed by atoms with van der Waals surface area (Å²) in [6, 6.07) is 10.5. The maximum absolute atomic E-state index is 9.10. The van der Waals surface area contributed by atoms with Gasteiger partial charge in [-0.25, -0.2) is 0 Å². The van der Waals surface area contributed by atoms with Crippen LogP contribution in [0.2, 0.25) is 0 Å². The van der Waals surface area contributed by atoms with Gasteiger partial charge < -0.3 is 0 Å². The predicted molar refractivity (Wildman–Crippen MR) is 70.6 cm³/mol. The third-order valence-electron chi connectivity index (χ3n) is 3.20. The van der Waals surface area contributed by atoms with Crippen molar-refractivity contribution in [3.8, 4) is 6.07 Å². The van der Waals surface area contributed by atoms with Gasteiger partial charge in [-0.05, 0) is 35.9 Å². The van der Waals surface area contributed by atoms with E-state index in [0.29, 0.717) is 6.54 Å². The fourth-order valence-electron chi connectivity index (χ4n) is 1.90. The SMILES string of the molecule is N#CC1(c2ccc(C=CCCN=[N+]=[N-])cc2)CC1. The average molecular weight is 238 g/mol. The number of hydrogen-bond donors (Lipinski definition) is 0. The van der Waals surface area contributed by atoms with Gasteiger partial charge in [0.25, 0.3) is 0 Å². The molecule has 90 valence electrons. The Bertz CT molecular complexity index is 526. The number of rotatable bonds is 5. The zero-order valence-corrected chi connectivity index (χ0v) is 10.1. The van der Waals surface area contributed by atoms with Gasteiger partial charge in [-0.2, -0.15) is 5.26 Å². The first-order chi connectivity index (χ1) is 8.80. The van der Waals surface area contributed by atoms with E-state index in [2.05, 4.69) is 16.1 Å². The molecular weight excluding hydrogens is 224 g/mol. The van der Waals surface area contributed by atoms with Gasteiger partial charge in [0, 0.05) is 11.5 Å². The quantitative estimate of drug-likeness (QED) is 0.331. The second-order valence-electron chi connectivity index (χ2n) is 4.46. The van der Waals surface area contributed by atoms with Crippen molar-refractivity contribution in [2.75, 3.05) is 6.54 Å². The van der Waals surface area contributed by atoms with Crippen molar-refractivity contribution in [1.29, 1.82) is 5.26 Å². The lowest BCUT2D eigenvalue weighted by Crippen LogP contribution is -2.01. The van der Waals surface area contributed by atoms with Crippen LogP contribution in [0.3, 0.4) is 0 Å². The van der Waals surface area contributed by atoms with Crippen LogP contribution >= 0.6 is 0 Å². The Balaban J connectivity index is 1.96. The first kappa shape index (κ1) is 12.2. The largest absolute Gasteiger partial charge is 0.197 e. The third kappa shape index (κ3) is 2.71. The second-order valence-corrected chi connectivity index (χ2v) is 4.46. The molecule has 0 saturated heterocycles. The minimum absolute atomic E-state index is 0.205. The zero-order valence-electron chi connectivity index (χ0n) is 10.1. The van der Waals surface area contributed by atoms with Crippen molar-refractivity contribution in [2.45, 2.75) is 24.7 Å². The van der Waals surface area contributed by atoms with E-state index < -0.39 is 0 Å². The van der Waals surface area contributed by atoms with Gasteiger partial charge in [-0.1, -0.05) is 41.5 Å². The molecule has 0 amide bonds. The molecule has 1 aliphatic carbocycles. The standard InChI is InChI=1S/C14H14N4/c15-11-14(8-9-14)13-6-4-12(5-7-13)3-1-2-10-17-18-16/h1,3-7H,2,8-10H2. The highest BCUT2D eigenvalue weighted by Gasteiger charge is 2.44. The van der Waals surface area contributed by atoms with Crippen LogP contribution in [0.4, 0.5) is 0 Å². The number of azide groups is 1. The molecule has 0 heterocycles. The molecule has 0 bridgehead atoms. The number of benzene rings is 1. The van der Waals surface area contributed by atoms with Crippen LogP contribution in [0, 0.1) is 11.3 Å². The molecule has 1 aromatic carbocycles. The highest BCUT2D eigenvalue weighted by atomic mass is 15.1. The summed E-state index contributed by atoms with van der Waals surface area (Å²) in [4.78, 5) is 2.70. The summed E-state index contributed by atoms with van der Waals surface area (Å²) in [5.41, 5.74) is 10.1. The van der Waals surface area contributed by atoms with Crippen molar-refractivity contribution in [3.05, 3.63) is 51.9 Å². The zero-order chi connectivity index (χ0) is 12.8. The van der Waals surface area contributed by atoms with Gasteiger partial charge in [0.05, 0.1) is 11.5 Å². The Labute approximate surface area is 106 Å². The minimum atomic E-state index is -0.205. The van der Waals surface area contributed by atoms with E-state index in [9.17, 15) is 0 Å². The fraction of sp³-hybridized carbons (Fsp3) is 0.357. The molecular formula is C14H14N4. The van der Waals surface area contributed by atoms with Gasteiger partial charge in [0.1, 0.15) is 0 Å². The first-order valence-corrected chi connectivity index (χ1v) is 6.00. The summed E-state index contributed by atoms with van der Waals surface area (Å²) in [6.07, 6.45) is 6.69. The number of nitriles is 1. The van der Waals surface area contributed by atoms with E-state index in [-0.39, 0.29) is 5.41 Å². The lowest BCUT2D eigenvalue weighted by atomic mass is 9.96. The summed E-state index contributed by atoms with van der Waals surface area (Å²) in [5, 5.41) is 12.6.